The van der Waals surface area contributed by atoms with Gasteiger partial charge in [0.25, 0.3) is 0 Å². The van der Waals surface area contributed by atoms with Gasteiger partial charge >= 0.3 is 0 Å². The highest BCUT2D eigenvalue weighted by Crippen LogP contribution is 2.46. The Kier molecular flexibility index (Phi) is 4.64. The number of hydrogen-bond donors (Lipinski definition) is 1. The largest absolute Gasteiger partial charge is 0.393 e. The van der Waals surface area contributed by atoms with E-state index in [1.54, 1.807) is 0 Å². The van der Waals surface area contributed by atoms with Crippen LogP contribution in [0.15, 0.2) is 0 Å². The van der Waals surface area contributed by atoms with Crippen LogP contribution in [0.5, 0.6) is 0 Å². The van der Waals surface area contributed by atoms with Crippen LogP contribution in [0, 0.1) is 17.3 Å². The zero-order valence-corrected chi connectivity index (χ0v) is 10.9. The third-order valence-electron chi connectivity index (χ3n) is 4.67. The van der Waals surface area contributed by atoms with Crippen molar-refractivity contribution in [1.82, 2.24) is 0 Å². The highest BCUT2D eigenvalue weighted by Gasteiger charge is 2.35. The summed E-state index contributed by atoms with van der Waals surface area (Å²) in [6, 6.07) is 0. The van der Waals surface area contributed by atoms with Gasteiger partial charge in [-0.05, 0) is 49.4 Å². The SMILES string of the molecule is CC[C@H](O)CC[C@@]1(C)CC[C@H](C)C[C@@H]1C. The van der Waals surface area contributed by atoms with E-state index >= 15 is 0 Å². The minimum absolute atomic E-state index is 0.0756. The molecule has 1 heteroatoms. The second-order valence-electron chi connectivity index (χ2n) is 6.04. The molecule has 90 valence electrons. The first-order valence-electron chi connectivity index (χ1n) is 6.66. The minimum Gasteiger partial charge on any atom is -0.393 e. The summed E-state index contributed by atoms with van der Waals surface area (Å²) in [6.07, 6.45) is 7.13. The molecule has 0 bridgehead atoms. The van der Waals surface area contributed by atoms with E-state index in [9.17, 15) is 5.11 Å². The first-order valence-corrected chi connectivity index (χ1v) is 6.66. The summed E-state index contributed by atoms with van der Waals surface area (Å²) in [5.74, 6) is 1.73. The van der Waals surface area contributed by atoms with Gasteiger partial charge in [-0.2, -0.15) is 0 Å². The van der Waals surface area contributed by atoms with E-state index in [4.69, 9.17) is 0 Å². The molecule has 0 saturated heterocycles. The Balaban J connectivity index is 2.43. The van der Waals surface area contributed by atoms with Crippen LogP contribution in [0.2, 0.25) is 0 Å². The molecule has 0 unspecified atom stereocenters. The van der Waals surface area contributed by atoms with Crippen molar-refractivity contribution in [3.05, 3.63) is 0 Å². The highest BCUT2D eigenvalue weighted by atomic mass is 16.3. The van der Waals surface area contributed by atoms with Gasteiger partial charge in [0.2, 0.25) is 0 Å². The molecule has 1 nitrogen and oxygen atoms in total. The third kappa shape index (κ3) is 3.48. The first kappa shape index (κ1) is 13.0. The summed E-state index contributed by atoms with van der Waals surface area (Å²) >= 11 is 0. The van der Waals surface area contributed by atoms with Crippen molar-refractivity contribution in [3.63, 3.8) is 0 Å². The molecule has 0 heterocycles. The monoisotopic (exact) mass is 212 g/mol. The van der Waals surface area contributed by atoms with E-state index in [0.717, 1.165) is 24.7 Å². The van der Waals surface area contributed by atoms with Gasteiger partial charge in [-0.25, -0.2) is 0 Å². The van der Waals surface area contributed by atoms with Gasteiger partial charge in [0.1, 0.15) is 0 Å². The molecule has 1 saturated carbocycles. The molecule has 1 aliphatic rings. The van der Waals surface area contributed by atoms with Crippen LogP contribution in [0.1, 0.15) is 66.2 Å². The maximum Gasteiger partial charge on any atom is 0.0537 e. The van der Waals surface area contributed by atoms with Gasteiger partial charge in [-0.1, -0.05) is 34.1 Å². The Morgan fingerprint density at radius 1 is 1.40 bits per heavy atom. The Hall–Kier alpha value is -0.0400. The molecular formula is C14H28O. The van der Waals surface area contributed by atoms with Crippen LogP contribution in [-0.2, 0) is 0 Å². The maximum atomic E-state index is 9.64. The number of aliphatic hydroxyl groups excluding tert-OH is 1. The maximum absolute atomic E-state index is 9.64. The summed E-state index contributed by atoms with van der Waals surface area (Å²) in [7, 11) is 0. The zero-order valence-electron chi connectivity index (χ0n) is 10.9. The van der Waals surface area contributed by atoms with Crippen molar-refractivity contribution >= 4 is 0 Å². The molecule has 0 spiro atoms. The lowest BCUT2D eigenvalue weighted by Crippen LogP contribution is -2.32. The van der Waals surface area contributed by atoms with Gasteiger partial charge in [0.05, 0.1) is 6.10 Å². The molecular weight excluding hydrogens is 184 g/mol. The van der Waals surface area contributed by atoms with Crippen LogP contribution in [0.25, 0.3) is 0 Å². The molecule has 0 aliphatic heterocycles. The van der Waals surface area contributed by atoms with Crippen molar-refractivity contribution in [2.24, 2.45) is 17.3 Å². The van der Waals surface area contributed by atoms with Crippen molar-refractivity contribution in [1.29, 1.82) is 0 Å². The van der Waals surface area contributed by atoms with Crippen molar-refractivity contribution in [2.75, 3.05) is 0 Å². The van der Waals surface area contributed by atoms with E-state index < -0.39 is 0 Å². The second kappa shape index (κ2) is 5.34. The summed E-state index contributed by atoms with van der Waals surface area (Å²) in [6.45, 7) is 9.26. The van der Waals surface area contributed by atoms with Crippen LogP contribution >= 0.6 is 0 Å². The lowest BCUT2D eigenvalue weighted by Gasteiger charge is -2.42. The molecule has 1 aliphatic carbocycles. The normalized spacial score (nSPS) is 39.0. The van der Waals surface area contributed by atoms with E-state index in [-0.39, 0.29) is 6.10 Å². The van der Waals surface area contributed by atoms with Gasteiger partial charge in [-0.15, -0.1) is 0 Å². The summed E-state index contributed by atoms with van der Waals surface area (Å²) in [5.41, 5.74) is 0.489. The number of aliphatic hydroxyl groups is 1. The van der Waals surface area contributed by atoms with Gasteiger partial charge < -0.3 is 5.11 Å². The third-order valence-corrected chi connectivity index (χ3v) is 4.67. The Bertz CT molecular complexity index is 190. The van der Waals surface area contributed by atoms with E-state index in [1.165, 1.54) is 25.7 Å². The standard InChI is InChI=1S/C14H28O/c1-5-13(15)7-9-14(4)8-6-11(2)10-12(14)3/h11-13,15H,5-10H2,1-4H3/t11-,12-,13-,14+/m0/s1. The predicted molar refractivity (Wildman–Crippen MR) is 65.8 cm³/mol. The zero-order chi connectivity index (χ0) is 11.5. The second-order valence-corrected chi connectivity index (χ2v) is 6.04. The van der Waals surface area contributed by atoms with Crippen molar-refractivity contribution in [2.45, 2.75) is 72.3 Å². The smallest absolute Gasteiger partial charge is 0.0537 e. The van der Waals surface area contributed by atoms with Crippen molar-refractivity contribution < 1.29 is 5.11 Å². The van der Waals surface area contributed by atoms with E-state index in [2.05, 4.69) is 27.7 Å². The van der Waals surface area contributed by atoms with Crippen LogP contribution in [0.3, 0.4) is 0 Å². The van der Waals surface area contributed by atoms with Crippen LogP contribution in [-0.4, -0.2) is 11.2 Å². The average Bonchev–Trinajstić information content (AvgIpc) is 2.21. The summed E-state index contributed by atoms with van der Waals surface area (Å²) < 4.78 is 0. The quantitative estimate of drug-likeness (QED) is 0.747. The molecule has 15 heavy (non-hydrogen) atoms. The summed E-state index contributed by atoms with van der Waals surface area (Å²) in [4.78, 5) is 0. The molecule has 0 aromatic carbocycles. The summed E-state index contributed by atoms with van der Waals surface area (Å²) in [5, 5.41) is 9.64. The molecule has 1 fully saturated rings. The lowest BCUT2D eigenvalue weighted by atomic mass is 9.63. The van der Waals surface area contributed by atoms with Gasteiger partial charge in [0.15, 0.2) is 0 Å². The van der Waals surface area contributed by atoms with E-state index in [0.29, 0.717) is 5.41 Å². The Morgan fingerprint density at radius 3 is 2.60 bits per heavy atom. The fraction of sp³-hybridized carbons (Fsp3) is 1.00. The molecule has 0 radical (unpaired) electrons. The highest BCUT2D eigenvalue weighted by molar-refractivity contribution is 4.86. The molecule has 1 rings (SSSR count). The molecule has 0 aromatic rings. The Morgan fingerprint density at radius 2 is 2.07 bits per heavy atom. The van der Waals surface area contributed by atoms with E-state index in [1.807, 2.05) is 0 Å². The fourth-order valence-electron chi connectivity index (χ4n) is 2.90. The predicted octanol–water partition coefficient (Wildman–Crippen LogP) is 4.00. The Labute approximate surface area is 95.3 Å². The molecule has 0 amide bonds. The first-order chi connectivity index (χ1) is 6.98. The fourth-order valence-corrected chi connectivity index (χ4v) is 2.90. The van der Waals surface area contributed by atoms with Crippen LogP contribution < -0.4 is 0 Å². The molecule has 4 atom stereocenters. The number of hydrogen-bond acceptors (Lipinski definition) is 1. The topological polar surface area (TPSA) is 20.2 Å². The van der Waals surface area contributed by atoms with Gasteiger partial charge in [-0.3, -0.25) is 0 Å². The lowest BCUT2D eigenvalue weighted by molar-refractivity contribution is 0.0621. The van der Waals surface area contributed by atoms with Crippen molar-refractivity contribution in [3.8, 4) is 0 Å². The van der Waals surface area contributed by atoms with Gasteiger partial charge in [0, 0.05) is 0 Å². The molecule has 1 N–H and O–H groups in total. The minimum atomic E-state index is -0.0756. The number of rotatable bonds is 4. The average molecular weight is 212 g/mol. The van der Waals surface area contributed by atoms with Crippen LogP contribution in [0.4, 0.5) is 0 Å². The molecule has 0 aromatic heterocycles.